The predicted molar refractivity (Wildman–Crippen MR) is 193 cm³/mol. The number of carbonyl (C=O) groups is 2. The van der Waals surface area contributed by atoms with Gasteiger partial charge in [0.15, 0.2) is 5.92 Å². The van der Waals surface area contributed by atoms with Crippen LogP contribution >= 0.6 is 0 Å². The van der Waals surface area contributed by atoms with Crippen molar-refractivity contribution in [1.29, 1.82) is 0 Å². The first-order chi connectivity index (χ1) is 22.7. The minimum Gasteiger partial charge on any atom is -0.494 e. The average molecular weight is 661 g/mol. The molecule has 0 N–H and O–H groups in total. The molecule has 0 amide bonds. The topological polar surface area (TPSA) is 71.1 Å². The zero-order valence-corrected chi connectivity index (χ0v) is 30.5. The number of ether oxygens (including phenoxy) is 3. The Labute approximate surface area is 284 Å². The van der Waals surface area contributed by atoms with Gasteiger partial charge in [0.05, 0.1) is 19.8 Å². The summed E-state index contributed by atoms with van der Waals surface area (Å²) >= 11 is 0. The van der Waals surface area contributed by atoms with Gasteiger partial charge in [0, 0.05) is 6.10 Å². The van der Waals surface area contributed by atoms with Crippen LogP contribution < -0.4 is 15.1 Å². The van der Waals surface area contributed by atoms with Gasteiger partial charge in [-0.3, -0.25) is 9.59 Å². The average Bonchev–Trinajstić information content (AvgIpc) is 3.07. The lowest BCUT2D eigenvalue weighted by molar-refractivity contribution is -0.163. The molecule has 3 aromatic carbocycles. The molecule has 0 spiro atoms. The molecule has 3 aromatic rings. The van der Waals surface area contributed by atoms with Crippen LogP contribution in [0.1, 0.15) is 92.1 Å². The highest BCUT2D eigenvalue weighted by molar-refractivity contribution is 6.99. The van der Waals surface area contributed by atoms with Gasteiger partial charge in [-0.15, -0.1) is 0 Å². The molecular formula is C40H56O6Si. The maximum absolute atomic E-state index is 13.2. The van der Waals surface area contributed by atoms with Crippen molar-refractivity contribution < 1.29 is 28.2 Å². The van der Waals surface area contributed by atoms with Crippen LogP contribution in [0.4, 0.5) is 0 Å². The molecule has 0 saturated heterocycles. The van der Waals surface area contributed by atoms with Gasteiger partial charge in [-0.05, 0) is 72.6 Å². The Bertz CT molecular complexity index is 1260. The molecule has 7 heteroatoms. The molecular weight excluding hydrogens is 605 g/mol. The van der Waals surface area contributed by atoms with E-state index in [0.717, 1.165) is 34.7 Å². The lowest BCUT2D eigenvalue weighted by Crippen LogP contribution is -2.67. The van der Waals surface area contributed by atoms with Gasteiger partial charge in [-0.2, -0.15) is 0 Å². The fraction of sp³-hybridized carbons (Fsp3) is 0.500. The van der Waals surface area contributed by atoms with E-state index in [-0.39, 0.29) is 24.7 Å². The number of carbonyl (C=O) groups excluding carboxylic acids is 2. The fourth-order valence-corrected chi connectivity index (χ4v) is 10.9. The van der Waals surface area contributed by atoms with E-state index in [1.54, 1.807) is 13.8 Å². The highest BCUT2D eigenvalue weighted by Crippen LogP contribution is 2.39. The largest absolute Gasteiger partial charge is 0.494 e. The molecule has 3 rings (SSSR count). The molecule has 0 aliphatic heterocycles. The SMILES string of the molecule is CCCCCCCOc1ccc(CCC(CC(C(=O)OCC)C(=O)OCC)O[Si](c2ccccc2)(c2ccccc2)C(C)(C)C)cc1. The first-order valence-corrected chi connectivity index (χ1v) is 19.4. The van der Waals surface area contributed by atoms with Crippen molar-refractivity contribution in [2.75, 3.05) is 19.8 Å². The molecule has 0 fully saturated rings. The molecule has 0 saturated carbocycles. The molecule has 6 nitrogen and oxygen atoms in total. The molecule has 0 aliphatic rings. The normalized spacial score (nSPS) is 12.5. The molecule has 0 aromatic heterocycles. The Hall–Kier alpha value is -3.42. The van der Waals surface area contributed by atoms with Crippen molar-refractivity contribution in [1.82, 2.24) is 0 Å². The smallest absolute Gasteiger partial charge is 0.320 e. The van der Waals surface area contributed by atoms with Crippen LogP contribution in [0.2, 0.25) is 5.04 Å². The number of rotatable bonds is 20. The Kier molecular flexibility index (Phi) is 15.7. The number of hydrogen-bond acceptors (Lipinski definition) is 6. The Morgan fingerprint density at radius 3 is 1.72 bits per heavy atom. The third-order valence-corrected chi connectivity index (χ3v) is 13.7. The van der Waals surface area contributed by atoms with Gasteiger partial charge in [0.1, 0.15) is 5.75 Å². The first-order valence-electron chi connectivity index (χ1n) is 17.5. The first kappa shape index (κ1) is 38.0. The van der Waals surface area contributed by atoms with Gasteiger partial charge in [0.25, 0.3) is 8.32 Å². The van der Waals surface area contributed by atoms with Crippen LogP contribution in [-0.2, 0) is 29.9 Å². The molecule has 256 valence electrons. The van der Waals surface area contributed by atoms with E-state index in [9.17, 15) is 9.59 Å². The summed E-state index contributed by atoms with van der Waals surface area (Å²) in [6.07, 6.45) is 7.07. The van der Waals surface area contributed by atoms with Crippen molar-refractivity contribution in [3.05, 3.63) is 90.5 Å². The summed E-state index contributed by atoms with van der Waals surface area (Å²) in [7, 11) is -2.98. The van der Waals surface area contributed by atoms with Crippen LogP contribution in [-0.4, -0.2) is 46.2 Å². The summed E-state index contributed by atoms with van der Waals surface area (Å²) < 4.78 is 24.3. The predicted octanol–water partition coefficient (Wildman–Crippen LogP) is 8.05. The molecule has 47 heavy (non-hydrogen) atoms. The van der Waals surface area contributed by atoms with Gasteiger partial charge in [-0.1, -0.05) is 126 Å². The second kappa shape index (κ2) is 19.4. The van der Waals surface area contributed by atoms with Crippen molar-refractivity contribution in [2.45, 2.75) is 104 Å². The minimum absolute atomic E-state index is 0.168. The monoisotopic (exact) mass is 660 g/mol. The number of esters is 2. The van der Waals surface area contributed by atoms with Crippen LogP contribution in [0, 0.1) is 5.92 Å². The van der Waals surface area contributed by atoms with E-state index < -0.39 is 32.3 Å². The van der Waals surface area contributed by atoms with Crippen molar-refractivity contribution in [3.63, 3.8) is 0 Å². The number of hydrogen-bond donors (Lipinski definition) is 0. The van der Waals surface area contributed by atoms with Gasteiger partial charge >= 0.3 is 11.9 Å². The maximum Gasteiger partial charge on any atom is 0.320 e. The molecule has 1 unspecified atom stereocenters. The summed E-state index contributed by atoms with van der Waals surface area (Å²) in [6, 6.07) is 29.1. The summed E-state index contributed by atoms with van der Waals surface area (Å²) in [5.41, 5.74) is 1.14. The quantitative estimate of drug-likeness (QED) is 0.0529. The molecule has 0 heterocycles. The number of aryl methyl sites for hydroxylation is 1. The standard InChI is InChI=1S/C40H56O6Si/c1-7-10-11-12-19-30-45-33-27-24-32(25-28-33)26-29-34(31-37(38(41)43-8-2)39(42)44-9-3)46-47(40(4,5)6,35-20-15-13-16-21-35)36-22-17-14-18-23-36/h13-18,20-25,27-28,34,37H,7-12,19,26,29-31H2,1-6H3. The van der Waals surface area contributed by atoms with Crippen LogP contribution in [0.3, 0.4) is 0 Å². The van der Waals surface area contributed by atoms with E-state index in [2.05, 4.69) is 88.4 Å². The summed E-state index contributed by atoms with van der Waals surface area (Å²) in [4.78, 5) is 26.4. The molecule has 0 bridgehead atoms. The fourth-order valence-electron chi connectivity index (χ4n) is 6.18. The van der Waals surface area contributed by atoms with E-state index in [1.807, 2.05) is 24.3 Å². The van der Waals surface area contributed by atoms with E-state index in [4.69, 9.17) is 18.6 Å². The van der Waals surface area contributed by atoms with Crippen molar-refractivity contribution in [2.24, 2.45) is 5.92 Å². The Morgan fingerprint density at radius 2 is 1.23 bits per heavy atom. The minimum atomic E-state index is -2.98. The molecule has 0 radical (unpaired) electrons. The summed E-state index contributed by atoms with van der Waals surface area (Å²) in [5, 5.41) is 2.01. The van der Waals surface area contributed by atoms with E-state index in [1.165, 1.54) is 25.7 Å². The number of unbranched alkanes of at least 4 members (excludes halogenated alkanes) is 4. The zero-order chi connectivity index (χ0) is 34.1. The van der Waals surface area contributed by atoms with Gasteiger partial charge < -0.3 is 18.6 Å². The van der Waals surface area contributed by atoms with E-state index in [0.29, 0.717) is 12.8 Å². The van der Waals surface area contributed by atoms with Crippen LogP contribution in [0.15, 0.2) is 84.9 Å². The third-order valence-electron chi connectivity index (χ3n) is 8.60. The Balaban J connectivity index is 1.95. The van der Waals surface area contributed by atoms with Crippen LogP contribution in [0.5, 0.6) is 5.75 Å². The summed E-state index contributed by atoms with van der Waals surface area (Å²) in [6.45, 7) is 13.5. The van der Waals surface area contributed by atoms with Crippen molar-refractivity contribution in [3.8, 4) is 5.75 Å². The lowest BCUT2D eigenvalue weighted by Gasteiger charge is -2.45. The second-order valence-electron chi connectivity index (χ2n) is 13.1. The van der Waals surface area contributed by atoms with Crippen LogP contribution in [0.25, 0.3) is 0 Å². The molecule has 0 aliphatic carbocycles. The van der Waals surface area contributed by atoms with Gasteiger partial charge in [0.2, 0.25) is 0 Å². The van der Waals surface area contributed by atoms with Crippen molar-refractivity contribution >= 4 is 30.6 Å². The zero-order valence-electron chi connectivity index (χ0n) is 29.5. The highest BCUT2D eigenvalue weighted by Gasteiger charge is 2.52. The number of benzene rings is 3. The highest BCUT2D eigenvalue weighted by atomic mass is 28.4. The summed E-state index contributed by atoms with van der Waals surface area (Å²) in [5.74, 6) is -1.35. The van der Waals surface area contributed by atoms with Gasteiger partial charge in [-0.25, -0.2) is 0 Å². The van der Waals surface area contributed by atoms with E-state index >= 15 is 0 Å². The lowest BCUT2D eigenvalue weighted by atomic mass is 9.97. The third kappa shape index (κ3) is 11.1. The molecule has 1 atom stereocenters. The second-order valence-corrected chi connectivity index (χ2v) is 17.4. The Morgan fingerprint density at radius 1 is 0.702 bits per heavy atom. The maximum atomic E-state index is 13.2.